The first-order chi connectivity index (χ1) is 15.4. The van der Waals surface area contributed by atoms with Gasteiger partial charge in [-0.15, -0.1) is 0 Å². The van der Waals surface area contributed by atoms with Crippen LogP contribution in [0.1, 0.15) is 35.7 Å². The molecular formula is C23H25F2N3O4. The average molecular weight is 445 g/mol. The van der Waals surface area contributed by atoms with Crippen LogP contribution in [0.3, 0.4) is 0 Å². The van der Waals surface area contributed by atoms with Gasteiger partial charge < -0.3 is 24.7 Å². The fraction of sp³-hybridized carbons (Fsp3) is 0.478. The van der Waals surface area contributed by atoms with Crippen molar-refractivity contribution in [1.82, 2.24) is 4.57 Å². The highest BCUT2D eigenvalue weighted by Gasteiger charge is 2.51. The fourth-order valence-corrected chi connectivity index (χ4v) is 5.05. The minimum Gasteiger partial charge on any atom is -0.458 e. The zero-order chi connectivity index (χ0) is 22.6. The van der Waals surface area contributed by atoms with Crippen molar-refractivity contribution >= 4 is 22.6 Å². The van der Waals surface area contributed by atoms with Gasteiger partial charge in [-0.25, -0.2) is 13.6 Å². The number of halogens is 2. The lowest BCUT2D eigenvalue weighted by Gasteiger charge is -2.27. The first-order valence-corrected chi connectivity index (χ1v) is 10.8. The van der Waals surface area contributed by atoms with Crippen molar-refractivity contribution in [3.05, 3.63) is 52.3 Å². The van der Waals surface area contributed by atoms with E-state index >= 15 is 8.78 Å². The molecule has 3 aliphatic rings. The van der Waals surface area contributed by atoms with Crippen LogP contribution in [-0.2, 0) is 9.47 Å². The van der Waals surface area contributed by atoms with Crippen LogP contribution in [0.25, 0.3) is 10.9 Å². The van der Waals surface area contributed by atoms with Crippen molar-refractivity contribution in [3.8, 4) is 0 Å². The molecule has 1 aliphatic carbocycles. The quantitative estimate of drug-likeness (QED) is 0.543. The number of nitrogens with zero attached hydrogens (tertiary/aromatic N) is 2. The highest BCUT2D eigenvalue weighted by atomic mass is 19.1. The van der Waals surface area contributed by atoms with E-state index in [0.29, 0.717) is 13.2 Å². The van der Waals surface area contributed by atoms with Crippen molar-refractivity contribution in [2.24, 2.45) is 11.7 Å². The van der Waals surface area contributed by atoms with E-state index in [4.69, 9.17) is 15.2 Å². The van der Waals surface area contributed by atoms with Crippen LogP contribution >= 0.6 is 0 Å². The van der Waals surface area contributed by atoms with E-state index in [2.05, 4.69) is 6.58 Å². The smallest absolute Gasteiger partial charge is 0.343 e. The molecule has 1 aromatic heterocycles. The predicted octanol–water partition coefficient (Wildman–Crippen LogP) is 2.51. The highest BCUT2D eigenvalue weighted by molar-refractivity contribution is 5.95. The molecule has 0 amide bonds. The summed E-state index contributed by atoms with van der Waals surface area (Å²) in [5.41, 5.74) is 4.17. The third kappa shape index (κ3) is 3.14. The monoisotopic (exact) mass is 445 g/mol. The predicted molar refractivity (Wildman–Crippen MR) is 115 cm³/mol. The summed E-state index contributed by atoms with van der Waals surface area (Å²) >= 11 is 0. The molecule has 2 N–H and O–H groups in total. The SMILES string of the molecule is C=CCOC(=O)c1cn(C2CC2)c2c(F)c(N3CC4CCOC4(CN)C3)c(F)cc2c1=O. The van der Waals surface area contributed by atoms with Gasteiger partial charge in [-0.2, -0.15) is 0 Å². The van der Waals surface area contributed by atoms with E-state index in [1.54, 1.807) is 9.47 Å². The maximum absolute atomic E-state index is 15.9. The number of aromatic nitrogens is 1. The molecule has 2 aliphatic heterocycles. The van der Waals surface area contributed by atoms with Crippen molar-refractivity contribution < 1.29 is 23.0 Å². The number of pyridine rings is 1. The molecule has 7 nitrogen and oxygen atoms in total. The Bertz CT molecular complexity index is 1180. The number of esters is 1. The first-order valence-electron chi connectivity index (χ1n) is 10.8. The maximum atomic E-state index is 15.9. The number of carbonyl (C=O) groups excluding carboxylic acids is 1. The average Bonchev–Trinajstić information content (AvgIpc) is 3.44. The minimum absolute atomic E-state index is 0.00828. The van der Waals surface area contributed by atoms with Crippen LogP contribution < -0.4 is 16.1 Å². The lowest BCUT2D eigenvalue weighted by Crippen LogP contribution is -2.44. The van der Waals surface area contributed by atoms with Gasteiger partial charge in [0.1, 0.15) is 29.3 Å². The summed E-state index contributed by atoms with van der Waals surface area (Å²) in [4.78, 5) is 27.0. The zero-order valence-electron chi connectivity index (χ0n) is 17.6. The Morgan fingerprint density at radius 3 is 2.81 bits per heavy atom. The molecule has 3 heterocycles. The van der Waals surface area contributed by atoms with E-state index in [0.717, 1.165) is 25.3 Å². The highest BCUT2D eigenvalue weighted by Crippen LogP contribution is 2.44. The summed E-state index contributed by atoms with van der Waals surface area (Å²) in [5.74, 6) is -2.40. The van der Waals surface area contributed by atoms with E-state index < -0.39 is 28.6 Å². The molecular weight excluding hydrogens is 420 g/mol. The molecule has 2 saturated heterocycles. The molecule has 2 unspecified atom stereocenters. The number of nitrogens with two attached hydrogens (primary N) is 1. The molecule has 3 fully saturated rings. The van der Waals surface area contributed by atoms with Crippen LogP contribution in [0.2, 0.25) is 0 Å². The number of hydrogen-bond donors (Lipinski definition) is 1. The second-order valence-corrected chi connectivity index (χ2v) is 8.80. The normalized spacial score (nSPS) is 24.7. The standard InChI is InChI=1S/C23H25F2N3O4/c1-2-6-31-22(30)16-10-28(14-3-4-14)19-15(21(16)29)8-17(24)20(18(19)25)27-9-13-5-7-32-23(13,11-26)12-27/h2,8,10,13-14H,1,3-7,9,11-12,26H2. The molecule has 1 saturated carbocycles. The number of hydrogen-bond acceptors (Lipinski definition) is 6. The van der Waals surface area contributed by atoms with Crippen LogP contribution in [0, 0.1) is 17.6 Å². The minimum atomic E-state index is -0.849. The summed E-state index contributed by atoms with van der Waals surface area (Å²) in [7, 11) is 0. The van der Waals surface area contributed by atoms with Crippen molar-refractivity contribution in [2.45, 2.75) is 30.9 Å². The Morgan fingerprint density at radius 2 is 2.16 bits per heavy atom. The number of anilines is 1. The molecule has 32 heavy (non-hydrogen) atoms. The Morgan fingerprint density at radius 1 is 1.38 bits per heavy atom. The van der Waals surface area contributed by atoms with Gasteiger partial charge in [0.25, 0.3) is 0 Å². The molecule has 170 valence electrons. The largest absolute Gasteiger partial charge is 0.458 e. The van der Waals surface area contributed by atoms with Crippen molar-refractivity contribution in [1.29, 1.82) is 0 Å². The Balaban J connectivity index is 1.65. The molecule has 0 spiro atoms. The van der Waals surface area contributed by atoms with E-state index in [1.807, 2.05) is 0 Å². The molecule has 0 bridgehead atoms. The second-order valence-electron chi connectivity index (χ2n) is 8.80. The Labute approximate surface area is 183 Å². The maximum Gasteiger partial charge on any atom is 0.343 e. The molecule has 5 rings (SSSR count). The van der Waals surface area contributed by atoms with E-state index in [9.17, 15) is 9.59 Å². The van der Waals surface area contributed by atoms with Crippen LogP contribution in [-0.4, -0.2) is 49.0 Å². The molecule has 2 aromatic rings. The van der Waals surface area contributed by atoms with Gasteiger partial charge in [0.15, 0.2) is 5.82 Å². The van der Waals surface area contributed by atoms with Gasteiger partial charge in [-0.3, -0.25) is 4.79 Å². The number of carbonyl (C=O) groups is 1. The topological polar surface area (TPSA) is 86.8 Å². The van der Waals surface area contributed by atoms with E-state index in [-0.39, 0.29) is 53.8 Å². The summed E-state index contributed by atoms with van der Waals surface area (Å²) in [5, 5.41) is -0.173. The number of benzene rings is 1. The summed E-state index contributed by atoms with van der Waals surface area (Å²) in [6, 6.07) is 0.970. The van der Waals surface area contributed by atoms with Crippen molar-refractivity contribution in [2.75, 3.05) is 37.7 Å². The third-order valence-electron chi connectivity index (χ3n) is 6.84. The Kier molecular flexibility index (Phi) is 5.05. The van der Waals surface area contributed by atoms with Crippen LogP contribution in [0.4, 0.5) is 14.5 Å². The summed E-state index contributed by atoms with van der Waals surface area (Å²) in [6.45, 7) is 4.98. The number of rotatable bonds is 6. The van der Waals surface area contributed by atoms with E-state index in [1.165, 1.54) is 12.3 Å². The molecule has 2 atom stereocenters. The first kappa shape index (κ1) is 21.1. The number of ether oxygens (including phenoxy) is 2. The van der Waals surface area contributed by atoms with Gasteiger partial charge in [0.05, 0.1) is 10.9 Å². The number of fused-ring (bicyclic) bond motifs is 2. The zero-order valence-corrected chi connectivity index (χ0v) is 17.6. The van der Waals surface area contributed by atoms with Crippen molar-refractivity contribution in [3.63, 3.8) is 0 Å². The lowest BCUT2D eigenvalue weighted by molar-refractivity contribution is 0.0126. The summed E-state index contributed by atoms with van der Waals surface area (Å²) < 4.78 is 43.6. The lowest BCUT2D eigenvalue weighted by atomic mass is 9.91. The van der Waals surface area contributed by atoms with Gasteiger partial charge in [0, 0.05) is 44.4 Å². The summed E-state index contributed by atoms with van der Waals surface area (Å²) in [6.07, 6.45) is 5.06. The molecule has 9 heteroatoms. The molecule has 0 radical (unpaired) electrons. The third-order valence-corrected chi connectivity index (χ3v) is 6.84. The van der Waals surface area contributed by atoms with Gasteiger partial charge in [0.2, 0.25) is 5.43 Å². The van der Waals surface area contributed by atoms with Crippen LogP contribution in [0.15, 0.2) is 29.7 Å². The second kappa shape index (κ2) is 7.67. The fourth-order valence-electron chi connectivity index (χ4n) is 5.05. The van der Waals surface area contributed by atoms with Gasteiger partial charge in [-0.05, 0) is 25.3 Å². The van der Waals surface area contributed by atoms with Crippen LogP contribution in [0.5, 0.6) is 0 Å². The van der Waals surface area contributed by atoms with Gasteiger partial charge >= 0.3 is 5.97 Å². The molecule has 1 aromatic carbocycles. The Hall–Kier alpha value is -2.78. The van der Waals surface area contributed by atoms with Gasteiger partial charge in [-0.1, -0.05) is 12.7 Å².